The van der Waals surface area contributed by atoms with Crippen LogP contribution in [0.25, 0.3) is 0 Å². The van der Waals surface area contributed by atoms with E-state index in [4.69, 9.17) is 5.11 Å². The maximum absolute atomic E-state index is 14.6. The number of benzene rings is 2. The van der Waals surface area contributed by atoms with Crippen LogP contribution >= 0.6 is 22.6 Å². The van der Waals surface area contributed by atoms with Gasteiger partial charge in [0.15, 0.2) is 11.6 Å². The third-order valence-corrected chi connectivity index (χ3v) is 5.90. The van der Waals surface area contributed by atoms with Crippen LogP contribution in [0.2, 0.25) is 0 Å². The summed E-state index contributed by atoms with van der Waals surface area (Å²) in [5.41, 5.74) is -1.69. The van der Waals surface area contributed by atoms with Crippen LogP contribution < -0.4 is 10.6 Å². The average molecular weight is 548 g/mol. The molecule has 2 aromatic carbocycles. The monoisotopic (exact) mass is 548 g/mol. The second kappa shape index (κ2) is 8.59. The molecule has 0 bridgehead atoms. The third kappa shape index (κ3) is 5.15. The maximum atomic E-state index is 14.6. The molecule has 3 rings (SSSR count). The van der Waals surface area contributed by atoms with Crippen molar-refractivity contribution in [2.45, 2.75) is 44.9 Å². The number of halogens is 4. The lowest BCUT2D eigenvalue weighted by molar-refractivity contribution is -0.104. The van der Waals surface area contributed by atoms with Crippen molar-refractivity contribution in [3.05, 3.63) is 56.9 Å². The number of carbonyl (C=O) groups excluding carboxylic acids is 1. The van der Waals surface area contributed by atoms with Gasteiger partial charge >= 0.3 is 0 Å². The highest BCUT2D eigenvalue weighted by Crippen LogP contribution is 2.33. The van der Waals surface area contributed by atoms with Gasteiger partial charge in [-0.15, -0.1) is 0 Å². The molecule has 1 fully saturated rings. The van der Waals surface area contributed by atoms with E-state index in [1.807, 2.05) is 50.3 Å². The van der Waals surface area contributed by atoms with E-state index < -0.39 is 34.6 Å². The first-order valence-corrected chi connectivity index (χ1v) is 10.9. The summed E-state index contributed by atoms with van der Waals surface area (Å²) in [5.74, 6) is -3.60. The number of anilines is 2. The predicted molar refractivity (Wildman–Crippen MR) is 123 cm³/mol. The van der Waals surface area contributed by atoms with Crippen molar-refractivity contribution in [2.75, 3.05) is 18.4 Å². The minimum atomic E-state index is -1.26. The number of rotatable bonds is 5. The van der Waals surface area contributed by atoms with Crippen molar-refractivity contribution in [2.24, 2.45) is 0 Å². The Bertz CT molecular complexity index is 1000. The van der Waals surface area contributed by atoms with E-state index in [0.717, 1.165) is 6.07 Å². The van der Waals surface area contributed by atoms with Gasteiger partial charge in [0.2, 0.25) is 5.60 Å². The average Bonchev–Trinajstić information content (AvgIpc) is 2.63. The largest absolute Gasteiger partial charge is 0.437 e. The van der Waals surface area contributed by atoms with Crippen LogP contribution in [-0.2, 0) is 0 Å². The highest BCUT2D eigenvalue weighted by molar-refractivity contribution is 14.1. The van der Waals surface area contributed by atoms with E-state index in [9.17, 15) is 18.0 Å². The lowest BCUT2D eigenvalue weighted by Crippen LogP contribution is -2.72. The zero-order valence-electron chi connectivity index (χ0n) is 17.7. The normalized spacial score (nSPS) is 16.6. The summed E-state index contributed by atoms with van der Waals surface area (Å²) in [5, 5.41) is 14.5. The van der Waals surface area contributed by atoms with E-state index >= 15 is 0 Å². The standard InChI is InChI=1S/C22H25F3IN3O2/c1-12(28-21(2,3)4)22(31)10-29(11-22)20(30)14-6-7-15(23)18(25)19(14)27-17-8-5-13(26)9-16(17)24/h5-9,12,27-28,31H,10-11H2,1-4H3/p+1. The molecule has 31 heavy (non-hydrogen) atoms. The van der Waals surface area contributed by atoms with E-state index in [-0.39, 0.29) is 35.9 Å². The molecule has 0 aromatic heterocycles. The van der Waals surface area contributed by atoms with Crippen molar-refractivity contribution < 1.29 is 23.1 Å². The Morgan fingerprint density at radius 3 is 2.39 bits per heavy atom. The molecule has 1 saturated heterocycles. The first kappa shape index (κ1) is 23.8. The Morgan fingerprint density at radius 1 is 1.16 bits per heavy atom. The molecule has 168 valence electrons. The molecule has 9 heteroatoms. The SMILES string of the molecule is CC(NC(C)(C)C)C1([OH2+])CN(C(=O)c2ccc(F)c(F)c2Nc2ccc(I)cc2F)C1. The lowest BCUT2D eigenvalue weighted by atomic mass is 9.85. The molecular weight excluding hydrogens is 522 g/mol. The first-order valence-electron chi connectivity index (χ1n) is 9.83. The van der Waals surface area contributed by atoms with Gasteiger partial charge in [0.25, 0.3) is 5.91 Å². The summed E-state index contributed by atoms with van der Waals surface area (Å²) < 4.78 is 43.4. The van der Waals surface area contributed by atoms with Crippen molar-refractivity contribution in [3.63, 3.8) is 0 Å². The summed E-state index contributed by atoms with van der Waals surface area (Å²) in [7, 11) is 0. The quantitative estimate of drug-likeness (QED) is 0.436. The van der Waals surface area contributed by atoms with E-state index in [1.165, 1.54) is 23.1 Å². The van der Waals surface area contributed by atoms with Crippen LogP contribution in [0.4, 0.5) is 24.5 Å². The number of likely N-dealkylation sites (tertiary alicyclic amines) is 1. The van der Waals surface area contributed by atoms with Gasteiger partial charge in [-0.3, -0.25) is 4.79 Å². The topological polar surface area (TPSA) is 67.3 Å². The van der Waals surface area contributed by atoms with E-state index in [1.54, 1.807) is 6.07 Å². The highest BCUT2D eigenvalue weighted by atomic mass is 127. The molecule has 1 amide bonds. The van der Waals surface area contributed by atoms with Crippen LogP contribution in [0.1, 0.15) is 38.1 Å². The number of nitrogens with zero attached hydrogens (tertiary/aromatic N) is 1. The predicted octanol–water partition coefficient (Wildman–Crippen LogP) is 4.15. The fourth-order valence-corrected chi connectivity index (χ4v) is 4.04. The minimum absolute atomic E-state index is 0.0691. The molecule has 1 aliphatic rings. The minimum Gasteiger partial charge on any atom is -0.437 e. The lowest BCUT2D eigenvalue weighted by Gasteiger charge is -2.47. The van der Waals surface area contributed by atoms with Crippen LogP contribution in [0.3, 0.4) is 0 Å². The molecule has 0 aliphatic carbocycles. The van der Waals surface area contributed by atoms with Gasteiger partial charge in [-0.1, -0.05) is 0 Å². The third-order valence-electron chi connectivity index (χ3n) is 5.23. The zero-order chi connectivity index (χ0) is 23.1. The molecule has 0 saturated carbocycles. The Morgan fingerprint density at radius 2 is 1.81 bits per heavy atom. The molecular formula is C22H26F3IN3O2+. The number of hydrogen-bond donors (Lipinski definition) is 2. The van der Waals surface area contributed by atoms with Gasteiger partial charge < -0.3 is 20.6 Å². The maximum Gasteiger partial charge on any atom is 0.256 e. The van der Waals surface area contributed by atoms with Crippen molar-refractivity contribution >= 4 is 39.9 Å². The fraction of sp³-hybridized carbons (Fsp3) is 0.409. The summed E-state index contributed by atoms with van der Waals surface area (Å²) in [6.45, 7) is 8.18. The molecule has 0 spiro atoms. The van der Waals surface area contributed by atoms with Gasteiger partial charge in [0.1, 0.15) is 5.82 Å². The Labute approximate surface area is 193 Å². The molecule has 2 aromatic rings. The Kier molecular flexibility index (Phi) is 6.60. The van der Waals surface area contributed by atoms with Crippen molar-refractivity contribution in [1.29, 1.82) is 0 Å². The van der Waals surface area contributed by atoms with Crippen LogP contribution in [0.15, 0.2) is 30.3 Å². The molecule has 1 unspecified atom stereocenters. The second-order valence-corrected chi connectivity index (χ2v) is 10.2. The van der Waals surface area contributed by atoms with Gasteiger partial charge in [-0.2, -0.15) is 0 Å². The molecule has 5 nitrogen and oxygen atoms in total. The van der Waals surface area contributed by atoms with Crippen molar-refractivity contribution in [1.82, 2.24) is 10.2 Å². The van der Waals surface area contributed by atoms with Gasteiger partial charge in [0.05, 0.1) is 36.1 Å². The summed E-state index contributed by atoms with van der Waals surface area (Å²) in [4.78, 5) is 14.4. The second-order valence-electron chi connectivity index (χ2n) is 8.97. The number of amides is 1. The molecule has 0 radical (unpaired) electrons. The first-order chi connectivity index (χ1) is 14.3. The molecule has 1 aliphatic heterocycles. The fourth-order valence-electron chi connectivity index (χ4n) is 3.59. The van der Waals surface area contributed by atoms with Gasteiger partial charge in [-0.25, -0.2) is 13.2 Å². The highest BCUT2D eigenvalue weighted by Gasteiger charge is 2.53. The summed E-state index contributed by atoms with van der Waals surface area (Å²) >= 11 is 1.93. The van der Waals surface area contributed by atoms with Crippen LogP contribution in [-0.4, -0.2) is 46.2 Å². The molecule has 1 heterocycles. The summed E-state index contributed by atoms with van der Waals surface area (Å²) in [6.07, 6.45) is 0. The van der Waals surface area contributed by atoms with E-state index in [2.05, 4.69) is 10.6 Å². The number of hydrogen-bond acceptors (Lipinski definition) is 3. The number of nitrogens with one attached hydrogen (secondary N) is 2. The Balaban J connectivity index is 1.83. The van der Waals surface area contributed by atoms with Gasteiger partial charge in [0, 0.05) is 9.11 Å². The molecule has 1 atom stereocenters. The smallest absolute Gasteiger partial charge is 0.256 e. The number of carbonyl (C=O) groups is 1. The van der Waals surface area contributed by atoms with Crippen LogP contribution in [0, 0.1) is 21.0 Å². The van der Waals surface area contributed by atoms with Crippen molar-refractivity contribution in [3.8, 4) is 0 Å². The van der Waals surface area contributed by atoms with E-state index in [0.29, 0.717) is 3.57 Å². The summed E-state index contributed by atoms with van der Waals surface area (Å²) in [6, 6.07) is 6.12. The van der Waals surface area contributed by atoms with Gasteiger partial charge in [-0.05, 0) is 80.6 Å². The zero-order valence-corrected chi connectivity index (χ0v) is 19.9. The van der Waals surface area contributed by atoms with Crippen LogP contribution in [0.5, 0.6) is 0 Å². The molecule has 4 N–H and O–H groups in total. The Hall–Kier alpha value is -1.85.